The molecular weight excluding hydrogens is 210 g/mol. The molecule has 0 radical (unpaired) electrons. The molecule has 0 unspecified atom stereocenters. The van der Waals surface area contributed by atoms with E-state index in [1.165, 1.54) is 7.11 Å². The third-order valence-electron chi connectivity index (χ3n) is 2.82. The highest BCUT2D eigenvalue weighted by atomic mass is 16.5. The van der Waals surface area contributed by atoms with Crippen LogP contribution in [0.15, 0.2) is 0 Å². The lowest BCUT2D eigenvalue weighted by atomic mass is 10.0. The molecule has 1 amide bonds. The Balaban J connectivity index is 2.59. The molecule has 1 aliphatic rings. The van der Waals surface area contributed by atoms with Crippen molar-refractivity contribution in [1.29, 1.82) is 0 Å². The maximum absolute atomic E-state index is 11.8. The van der Waals surface area contributed by atoms with Crippen LogP contribution in [0.25, 0.3) is 0 Å². The quantitative estimate of drug-likeness (QED) is 0.662. The fraction of sp³-hybridized carbons (Fsp3) is 0.818. The number of hydrogen-bond acceptors (Lipinski definition) is 4. The van der Waals surface area contributed by atoms with Gasteiger partial charge in [-0.2, -0.15) is 0 Å². The van der Waals surface area contributed by atoms with E-state index in [2.05, 4.69) is 0 Å². The van der Waals surface area contributed by atoms with E-state index in [0.717, 1.165) is 12.8 Å². The van der Waals surface area contributed by atoms with Crippen molar-refractivity contribution in [3.8, 4) is 0 Å². The lowest BCUT2D eigenvalue weighted by Crippen LogP contribution is -2.48. The molecule has 0 saturated carbocycles. The van der Waals surface area contributed by atoms with Crippen molar-refractivity contribution in [2.75, 3.05) is 27.4 Å². The summed E-state index contributed by atoms with van der Waals surface area (Å²) in [6, 6.07) is -0.400. The van der Waals surface area contributed by atoms with Crippen molar-refractivity contribution < 1.29 is 19.1 Å². The summed E-state index contributed by atoms with van der Waals surface area (Å²) in [6.45, 7) is 1.03. The average molecular weight is 229 g/mol. The van der Waals surface area contributed by atoms with Crippen LogP contribution in [0, 0.1) is 0 Å². The van der Waals surface area contributed by atoms with Gasteiger partial charge in [0.05, 0.1) is 20.1 Å². The van der Waals surface area contributed by atoms with Gasteiger partial charge in [0.15, 0.2) is 0 Å². The van der Waals surface area contributed by atoms with Crippen LogP contribution in [0.4, 0.5) is 0 Å². The van der Waals surface area contributed by atoms with Gasteiger partial charge in [-0.05, 0) is 19.3 Å². The Labute approximate surface area is 95.7 Å². The van der Waals surface area contributed by atoms with Crippen LogP contribution in [-0.4, -0.2) is 50.2 Å². The largest absolute Gasteiger partial charge is 0.467 e. The Morgan fingerprint density at radius 1 is 1.31 bits per heavy atom. The molecule has 0 aliphatic carbocycles. The summed E-state index contributed by atoms with van der Waals surface area (Å²) >= 11 is 0. The maximum Gasteiger partial charge on any atom is 0.328 e. The zero-order chi connectivity index (χ0) is 12.0. The number of nitrogens with zero attached hydrogens (tertiary/aromatic N) is 1. The van der Waals surface area contributed by atoms with Gasteiger partial charge in [-0.1, -0.05) is 0 Å². The lowest BCUT2D eigenvalue weighted by Gasteiger charge is -2.33. The van der Waals surface area contributed by atoms with Gasteiger partial charge < -0.3 is 14.4 Å². The molecule has 0 bridgehead atoms. The number of likely N-dealkylation sites (tertiary alicyclic amines) is 1. The SMILES string of the molecule is COCCC(=O)N1CCCC[C@@H]1C(=O)OC. The number of piperidine rings is 1. The number of hydrogen-bond donors (Lipinski definition) is 0. The first-order valence-corrected chi connectivity index (χ1v) is 5.57. The van der Waals surface area contributed by atoms with Gasteiger partial charge >= 0.3 is 5.97 Å². The van der Waals surface area contributed by atoms with Crippen LogP contribution in [0.5, 0.6) is 0 Å². The topological polar surface area (TPSA) is 55.8 Å². The highest BCUT2D eigenvalue weighted by molar-refractivity contribution is 5.84. The van der Waals surface area contributed by atoms with Crippen molar-refractivity contribution in [2.45, 2.75) is 31.7 Å². The second-order valence-corrected chi connectivity index (χ2v) is 3.86. The maximum atomic E-state index is 11.8. The molecule has 0 aromatic heterocycles. The molecule has 0 aromatic carbocycles. The molecule has 5 heteroatoms. The summed E-state index contributed by atoms with van der Waals surface area (Å²) < 4.78 is 9.57. The molecule has 92 valence electrons. The van der Waals surface area contributed by atoms with Gasteiger partial charge in [-0.15, -0.1) is 0 Å². The van der Waals surface area contributed by atoms with Crippen molar-refractivity contribution in [3.05, 3.63) is 0 Å². The Kier molecular flexibility index (Phi) is 5.25. The number of esters is 1. The van der Waals surface area contributed by atoms with E-state index >= 15 is 0 Å². The Morgan fingerprint density at radius 2 is 2.06 bits per heavy atom. The highest BCUT2D eigenvalue weighted by Gasteiger charge is 2.32. The normalized spacial score (nSPS) is 20.6. The summed E-state index contributed by atoms with van der Waals surface area (Å²) in [7, 11) is 2.91. The fourth-order valence-corrected chi connectivity index (χ4v) is 1.94. The minimum atomic E-state index is -0.400. The van der Waals surface area contributed by atoms with E-state index in [0.29, 0.717) is 26.0 Å². The molecule has 1 aliphatic heterocycles. The van der Waals surface area contributed by atoms with Gasteiger partial charge in [0.2, 0.25) is 5.91 Å². The second kappa shape index (κ2) is 6.48. The van der Waals surface area contributed by atoms with E-state index in [1.807, 2.05) is 0 Å². The molecule has 1 atom stereocenters. The predicted molar refractivity (Wildman–Crippen MR) is 57.9 cm³/mol. The van der Waals surface area contributed by atoms with E-state index < -0.39 is 6.04 Å². The van der Waals surface area contributed by atoms with Gasteiger partial charge in [-0.3, -0.25) is 4.79 Å². The van der Waals surface area contributed by atoms with Gasteiger partial charge in [0.25, 0.3) is 0 Å². The fourth-order valence-electron chi connectivity index (χ4n) is 1.94. The molecule has 1 heterocycles. The first-order valence-electron chi connectivity index (χ1n) is 5.57. The predicted octanol–water partition coefficient (Wildman–Crippen LogP) is 0.577. The number of ether oxygens (including phenoxy) is 2. The minimum Gasteiger partial charge on any atom is -0.467 e. The number of methoxy groups -OCH3 is 2. The number of carbonyl (C=O) groups excluding carboxylic acids is 2. The first-order chi connectivity index (χ1) is 7.70. The second-order valence-electron chi connectivity index (χ2n) is 3.86. The number of rotatable bonds is 4. The van der Waals surface area contributed by atoms with Crippen LogP contribution in [-0.2, 0) is 19.1 Å². The minimum absolute atomic E-state index is 0.0306. The smallest absolute Gasteiger partial charge is 0.328 e. The summed E-state index contributed by atoms with van der Waals surface area (Å²) in [5.41, 5.74) is 0. The molecule has 0 spiro atoms. The number of amides is 1. The van der Waals surface area contributed by atoms with Crippen LogP contribution >= 0.6 is 0 Å². The third-order valence-corrected chi connectivity index (χ3v) is 2.82. The molecule has 1 rings (SSSR count). The summed E-state index contributed by atoms with van der Waals surface area (Å²) in [5.74, 6) is -0.345. The van der Waals surface area contributed by atoms with Gasteiger partial charge in [0.1, 0.15) is 6.04 Å². The van der Waals surface area contributed by atoms with E-state index in [1.54, 1.807) is 12.0 Å². The average Bonchev–Trinajstić information content (AvgIpc) is 2.35. The van der Waals surface area contributed by atoms with Gasteiger partial charge in [-0.25, -0.2) is 4.79 Å². The van der Waals surface area contributed by atoms with Crippen LogP contribution < -0.4 is 0 Å². The molecule has 16 heavy (non-hydrogen) atoms. The number of carbonyl (C=O) groups is 2. The first kappa shape index (κ1) is 13.0. The zero-order valence-corrected chi connectivity index (χ0v) is 9.90. The highest BCUT2D eigenvalue weighted by Crippen LogP contribution is 2.18. The van der Waals surface area contributed by atoms with Crippen LogP contribution in [0.1, 0.15) is 25.7 Å². The lowest BCUT2D eigenvalue weighted by molar-refractivity contribution is -0.155. The van der Waals surface area contributed by atoms with Crippen molar-refractivity contribution in [2.24, 2.45) is 0 Å². The molecule has 0 N–H and O–H groups in total. The van der Waals surface area contributed by atoms with E-state index in [4.69, 9.17) is 9.47 Å². The van der Waals surface area contributed by atoms with Gasteiger partial charge in [0, 0.05) is 13.7 Å². The monoisotopic (exact) mass is 229 g/mol. The van der Waals surface area contributed by atoms with Crippen molar-refractivity contribution in [3.63, 3.8) is 0 Å². The van der Waals surface area contributed by atoms with Crippen molar-refractivity contribution >= 4 is 11.9 Å². The Bertz CT molecular complexity index is 254. The van der Waals surface area contributed by atoms with Crippen molar-refractivity contribution in [1.82, 2.24) is 4.90 Å². The standard InChI is InChI=1S/C11H19NO4/c1-15-8-6-10(13)12-7-4-3-5-9(12)11(14)16-2/h9H,3-8H2,1-2H3/t9-/m1/s1. The third kappa shape index (κ3) is 3.20. The molecular formula is C11H19NO4. The summed E-state index contributed by atoms with van der Waals surface area (Å²) in [4.78, 5) is 25.0. The van der Waals surface area contributed by atoms with E-state index in [9.17, 15) is 9.59 Å². The van der Waals surface area contributed by atoms with Crippen LogP contribution in [0.2, 0.25) is 0 Å². The summed E-state index contributed by atoms with van der Waals surface area (Å²) in [6.07, 6.45) is 2.94. The van der Waals surface area contributed by atoms with E-state index in [-0.39, 0.29) is 11.9 Å². The molecule has 5 nitrogen and oxygen atoms in total. The Hall–Kier alpha value is -1.10. The summed E-state index contributed by atoms with van der Waals surface area (Å²) in [5, 5.41) is 0. The zero-order valence-electron chi connectivity index (χ0n) is 9.90. The molecule has 1 fully saturated rings. The Morgan fingerprint density at radius 3 is 2.69 bits per heavy atom. The molecule has 1 saturated heterocycles. The van der Waals surface area contributed by atoms with Crippen LogP contribution in [0.3, 0.4) is 0 Å². The molecule has 0 aromatic rings.